The first-order valence-corrected chi connectivity index (χ1v) is 7.66. The molecule has 0 saturated carbocycles. The number of rotatable bonds is 4. The van der Waals surface area contributed by atoms with Crippen LogP contribution in [0.25, 0.3) is 0 Å². The summed E-state index contributed by atoms with van der Waals surface area (Å²) < 4.78 is 29.3. The van der Waals surface area contributed by atoms with E-state index in [9.17, 15) is 8.78 Å². The van der Waals surface area contributed by atoms with E-state index in [0.717, 1.165) is 10.0 Å². The number of hydrogen-bond donors (Lipinski definition) is 1. The minimum Gasteiger partial charge on any atom is -0.313 e. The van der Waals surface area contributed by atoms with Crippen LogP contribution >= 0.6 is 31.9 Å². The fourth-order valence-corrected chi connectivity index (χ4v) is 2.90. The molecule has 20 heavy (non-hydrogen) atoms. The lowest BCUT2D eigenvalue weighted by Gasteiger charge is -2.19. The van der Waals surface area contributed by atoms with E-state index in [4.69, 9.17) is 0 Å². The van der Waals surface area contributed by atoms with E-state index in [-0.39, 0.29) is 10.0 Å². The molecule has 1 unspecified atom stereocenters. The minimum absolute atomic E-state index is 0.0573. The molecule has 2 aromatic carbocycles. The molecule has 0 aliphatic rings. The van der Waals surface area contributed by atoms with Gasteiger partial charge in [-0.25, -0.2) is 8.78 Å². The Morgan fingerprint density at radius 1 is 1.15 bits per heavy atom. The highest BCUT2D eigenvalue weighted by atomic mass is 79.9. The molecule has 0 fully saturated rings. The highest BCUT2D eigenvalue weighted by molar-refractivity contribution is 9.10. The Kier molecular flexibility index (Phi) is 5.29. The van der Waals surface area contributed by atoms with Crippen LogP contribution in [0.15, 0.2) is 45.3 Å². The van der Waals surface area contributed by atoms with Gasteiger partial charge in [0.05, 0.1) is 4.47 Å². The van der Waals surface area contributed by atoms with Crippen LogP contribution in [0.2, 0.25) is 0 Å². The average Bonchev–Trinajstić information content (AvgIpc) is 2.42. The fraction of sp³-hybridized carbons (Fsp3) is 0.200. The Hall–Kier alpha value is -0.780. The van der Waals surface area contributed by atoms with Crippen LogP contribution in [0, 0.1) is 11.6 Å². The Morgan fingerprint density at radius 3 is 2.55 bits per heavy atom. The zero-order valence-electron chi connectivity index (χ0n) is 10.8. The molecule has 0 amide bonds. The van der Waals surface area contributed by atoms with Gasteiger partial charge in [0.15, 0.2) is 0 Å². The number of hydrogen-bond acceptors (Lipinski definition) is 1. The lowest BCUT2D eigenvalue weighted by Crippen LogP contribution is -2.21. The summed E-state index contributed by atoms with van der Waals surface area (Å²) in [6.07, 6.45) is 0.500. The molecule has 0 spiro atoms. The first kappa shape index (κ1) is 15.6. The maximum absolute atomic E-state index is 14.1. The van der Waals surface area contributed by atoms with E-state index in [2.05, 4.69) is 37.2 Å². The van der Waals surface area contributed by atoms with Crippen molar-refractivity contribution < 1.29 is 8.78 Å². The summed E-state index contributed by atoms with van der Waals surface area (Å²) in [6, 6.07) is 9.91. The van der Waals surface area contributed by atoms with Crippen molar-refractivity contribution in [2.24, 2.45) is 0 Å². The third-order valence-electron chi connectivity index (χ3n) is 3.11. The number of benzene rings is 2. The zero-order chi connectivity index (χ0) is 14.7. The molecule has 0 aromatic heterocycles. The highest BCUT2D eigenvalue weighted by Crippen LogP contribution is 2.29. The Balaban J connectivity index is 2.36. The van der Waals surface area contributed by atoms with Crippen molar-refractivity contribution in [3.8, 4) is 0 Å². The summed E-state index contributed by atoms with van der Waals surface area (Å²) in [6.45, 7) is 0. The molecule has 0 radical (unpaired) electrons. The van der Waals surface area contributed by atoms with Gasteiger partial charge in [-0.3, -0.25) is 0 Å². The SMILES string of the molecule is CNC(Cc1cccc(Br)c1)c1c(F)ccc(Br)c1F. The summed E-state index contributed by atoms with van der Waals surface area (Å²) in [5.74, 6) is -1.10. The maximum atomic E-state index is 14.1. The maximum Gasteiger partial charge on any atom is 0.145 e. The number of likely N-dealkylation sites (N-methyl/N-ethyl adjacent to an activating group) is 1. The summed E-state index contributed by atoms with van der Waals surface area (Å²) in [7, 11) is 1.70. The molecule has 2 aromatic rings. The zero-order valence-corrected chi connectivity index (χ0v) is 13.9. The second-order valence-electron chi connectivity index (χ2n) is 4.43. The van der Waals surface area contributed by atoms with Crippen LogP contribution in [-0.4, -0.2) is 7.05 Å². The first-order chi connectivity index (χ1) is 9.52. The van der Waals surface area contributed by atoms with Gasteiger partial charge in [0.1, 0.15) is 11.6 Å². The quantitative estimate of drug-likeness (QED) is 0.707. The predicted octanol–water partition coefficient (Wildman–Crippen LogP) is 4.99. The van der Waals surface area contributed by atoms with Crippen LogP contribution in [0.3, 0.4) is 0 Å². The van der Waals surface area contributed by atoms with Crippen LogP contribution in [0.1, 0.15) is 17.2 Å². The number of nitrogens with one attached hydrogen (secondary N) is 1. The summed E-state index contributed by atoms with van der Waals surface area (Å²) in [5, 5.41) is 2.98. The van der Waals surface area contributed by atoms with Gasteiger partial charge in [-0.15, -0.1) is 0 Å². The van der Waals surface area contributed by atoms with E-state index in [0.29, 0.717) is 6.42 Å². The van der Waals surface area contributed by atoms with E-state index < -0.39 is 17.7 Å². The molecule has 0 saturated heterocycles. The van der Waals surface area contributed by atoms with Crippen molar-refractivity contribution in [3.63, 3.8) is 0 Å². The molecule has 0 aliphatic carbocycles. The Bertz CT molecular complexity index is 617. The molecule has 5 heteroatoms. The van der Waals surface area contributed by atoms with E-state index in [1.54, 1.807) is 7.05 Å². The smallest absolute Gasteiger partial charge is 0.145 e. The van der Waals surface area contributed by atoms with Crippen molar-refractivity contribution in [3.05, 3.63) is 68.1 Å². The molecule has 1 N–H and O–H groups in total. The van der Waals surface area contributed by atoms with Gasteiger partial charge in [0.25, 0.3) is 0 Å². The van der Waals surface area contributed by atoms with Gasteiger partial charge in [-0.1, -0.05) is 28.1 Å². The van der Waals surface area contributed by atoms with Gasteiger partial charge in [-0.05, 0) is 59.2 Å². The lowest BCUT2D eigenvalue weighted by atomic mass is 9.98. The molecule has 1 atom stereocenters. The van der Waals surface area contributed by atoms with Crippen molar-refractivity contribution in [2.75, 3.05) is 7.05 Å². The van der Waals surface area contributed by atoms with E-state index >= 15 is 0 Å². The number of halogens is 4. The Morgan fingerprint density at radius 2 is 1.90 bits per heavy atom. The minimum atomic E-state index is -0.556. The second kappa shape index (κ2) is 6.78. The van der Waals surface area contributed by atoms with Gasteiger partial charge in [-0.2, -0.15) is 0 Å². The molecule has 0 heterocycles. The topological polar surface area (TPSA) is 12.0 Å². The standard InChI is InChI=1S/C15H13Br2F2N/c1-20-13(8-9-3-2-4-10(16)7-9)14-12(18)6-5-11(17)15(14)19/h2-7,13,20H,8H2,1H3. The van der Waals surface area contributed by atoms with Gasteiger partial charge >= 0.3 is 0 Å². The van der Waals surface area contributed by atoms with Gasteiger partial charge < -0.3 is 5.32 Å². The fourth-order valence-electron chi connectivity index (χ4n) is 2.11. The molecule has 0 bridgehead atoms. The lowest BCUT2D eigenvalue weighted by molar-refractivity contribution is 0.486. The largest absolute Gasteiger partial charge is 0.313 e. The Labute approximate surface area is 133 Å². The van der Waals surface area contributed by atoms with Crippen molar-refractivity contribution >= 4 is 31.9 Å². The van der Waals surface area contributed by atoms with Crippen LogP contribution in [-0.2, 0) is 6.42 Å². The van der Waals surface area contributed by atoms with Crippen molar-refractivity contribution in [1.82, 2.24) is 5.32 Å². The monoisotopic (exact) mass is 403 g/mol. The van der Waals surface area contributed by atoms with Gasteiger partial charge in [0, 0.05) is 16.1 Å². The summed E-state index contributed by atoms with van der Waals surface area (Å²) in [5.41, 5.74) is 1.05. The molecule has 2 rings (SSSR count). The van der Waals surface area contributed by atoms with E-state index in [1.807, 2.05) is 24.3 Å². The van der Waals surface area contributed by atoms with Crippen molar-refractivity contribution in [1.29, 1.82) is 0 Å². The molecule has 1 nitrogen and oxygen atoms in total. The van der Waals surface area contributed by atoms with E-state index in [1.165, 1.54) is 12.1 Å². The van der Waals surface area contributed by atoms with Gasteiger partial charge in [0.2, 0.25) is 0 Å². The first-order valence-electron chi connectivity index (χ1n) is 6.08. The van der Waals surface area contributed by atoms with Crippen molar-refractivity contribution in [2.45, 2.75) is 12.5 Å². The summed E-state index contributed by atoms with van der Waals surface area (Å²) >= 11 is 6.49. The molecular formula is C15H13Br2F2N. The molecule has 0 aliphatic heterocycles. The predicted molar refractivity (Wildman–Crippen MR) is 83.7 cm³/mol. The normalized spacial score (nSPS) is 12.4. The molecule has 106 valence electrons. The third-order valence-corrected chi connectivity index (χ3v) is 4.21. The third kappa shape index (κ3) is 3.45. The highest BCUT2D eigenvalue weighted by Gasteiger charge is 2.21. The van der Waals surface area contributed by atoms with Crippen LogP contribution in [0.5, 0.6) is 0 Å². The second-order valence-corrected chi connectivity index (χ2v) is 6.20. The van der Waals surface area contributed by atoms with Crippen LogP contribution in [0.4, 0.5) is 8.78 Å². The summed E-state index contributed by atoms with van der Waals surface area (Å²) in [4.78, 5) is 0. The average molecular weight is 405 g/mol. The molecular weight excluding hydrogens is 392 g/mol. The van der Waals surface area contributed by atoms with Crippen LogP contribution < -0.4 is 5.32 Å².